The van der Waals surface area contributed by atoms with Gasteiger partial charge in [0.1, 0.15) is 0 Å². The standard InChI is InChI=1S/C57H50BF2N3S/c1-5-6-7-18-40-30-27-38-17-9-12-22-47(38)62(41-31-28-39(29-32-41)56(59)60)42-33-34-46-51(35-42)63(40)50-25-15-24-49-55(50)58(46)53(64-52-26-13-8-16-37(52)2)36-61(49)48-23-14-21-45-54(48)43-19-10-11-20-44(43)57(45,3)4/h6-13,15-20,22-26,28-29,31-36,56H,5,14,21,27,30H2,1-4H3/b7-6-,40-18+. The third-order valence-corrected chi connectivity index (χ3v) is 15.2. The molecule has 6 aromatic carbocycles. The molecule has 6 aromatic rings. The summed E-state index contributed by atoms with van der Waals surface area (Å²) in [5.41, 5.74) is 19.5. The summed E-state index contributed by atoms with van der Waals surface area (Å²) in [5.74, 6) is 0. The molecule has 0 unspecified atom stereocenters. The number of hydrogen-bond acceptors (Lipinski definition) is 4. The first-order valence-corrected chi connectivity index (χ1v) is 23.5. The molecule has 11 rings (SSSR count). The van der Waals surface area contributed by atoms with E-state index in [9.17, 15) is 8.78 Å². The molecule has 5 aliphatic rings. The van der Waals surface area contributed by atoms with Gasteiger partial charge in [0.2, 0.25) is 0 Å². The number of halogens is 2. The molecule has 2 aliphatic carbocycles. The van der Waals surface area contributed by atoms with Gasteiger partial charge < -0.3 is 14.7 Å². The normalized spacial score (nSPS) is 17.6. The van der Waals surface area contributed by atoms with Crippen LogP contribution in [0.25, 0.3) is 5.57 Å². The Labute approximate surface area is 380 Å². The molecule has 0 atom stereocenters. The smallest absolute Gasteiger partial charge is 0.263 e. The van der Waals surface area contributed by atoms with E-state index in [1.165, 1.54) is 76.8 Å². The van der Waals surface area contributed by atoms with Crippen molar-refractivity contribution in [2.45, 2.75) is 76.5 Å². The van der Waals surface area contributed by atoms with Crippen molar-refractivity contribution >= 4 is 69.1 Å². The fourth-order valence-electron chi connectivity index (χ4n) is 10.9. The molecule has 3 aliphatic heterocycles. The summed E-state index contributed by atoms with van der Waals surface area (Å²) in [6.45, 7) is 9.16. The maximum Gasteiger partial charge on any atom is 0.263 e. The fraction of sp³-hybridized carbons (Fsp3) is 0.193. The average molecular weight is 858 g/mol. The highest BCUT2D eigenvalue weighted by Gasteiger charge is 2.46. The zero-order valence-electron chi connectivity index (χ0n) is 36.8. The van der Waals surface area contributed by atoms with Crippen molar-refractivity contribution in [1.82, 2.24) is 0 Å². The largest absolute Gasteiger partial charge is 0.317 e. The second-order valence-electron chi connectivity index (χ2n) is 18.0. The lowest BCUT2D eigenvalue weighted by molar-refractivity contribution is 0.151. The lowest BCUT2D eigenvalue weighted by atomic mass is 9.37. The van der Waals surface area contributed by atoms with E-state index in [4.69, 9.17) is 0 Å². The summed E-state index contributed by atoms with van der Waals surface area (Å²) >= 11 is 1.88. The number of fused-ring (bicyclic) bond motifs is 6. The summed E-state index contributed by atoms with van der Waals surface area (Å²) in [5, 5.41) is 0. The monoisotopic (exact) mass is 857 g/mol. The molecule has 0 fully saturated rings. The first kappa shape index (κ1) is 40.5. The Bertz CT molecular complexity index is 3010. The SMILES string of the molecule is CC/C=C\C=C1/CCc2ccccc2N(c2ccc(C(F)F)cc2)c2ccc3c(c2)N1c1cccc2c1B3C(Sc1ccccc1C)=CN2C1=CCCC2=C1c1ccccc1C2(C)C. The van der Waals surface area contributed by atoms with Gasteiger partial charge in [-0.3, -0.25) is 0 Å². The second kappa shape index (κ2) is 16.0. The van der Waals surface area contributed by atoms with Crippen LogP contribution in [-0.2, 0) is 11.8 Å². The van der Waals surface area contributed by atoms with Gasteiger partial charge in [0, 0.05) is 73.2 Å². The van der Waals surface area contributed by atoms with Gasteiger partial charge >= 0.3 is 0 Å². The van der Waals surface area contributed by atoms with Crippen molar-refractivity contribution in [3.05, 3.63) is 214 Å². The Hall–Kier alpha value is -6.31. The molecule has 3 heterocycles. The van der Waals surface area contributed by atoms with Gasteiger partial charge in [0.25, 0.3) is 13.1 Å². The fourth-order valence-corrected chi connectivity index (χ4v) is 12.0. The molecule has 0 saturated carbocycles. The minimum atomic E-state index is -2.53. The Kier molecular flexibility index (Phi) is 10.1. The summed E-state index contributed by atoms with van der Waals surface area (Å²) in [4.78, 5) is 9.84. The van der Waals surface area contributed by atoms with Crippen molar-refractivity contribution in [3.63, 3.8) is 0 Å². The second-order valence-corrected chi connectivity index (χ2v) is 19.1. The topological polar surface area (TPSA) is 9.72 Å². The van der Waals surface area contributed by atoms with Crippen LogP contribution in [0.1, 0.15) is 80.7 Å². The van der Waals surface area contributed by atoms with E-state index >= 15 is 0 Å². The highest BCUT2D eigenvalue weighted by Crippen LogP contribution is 2.55. The Balaban J connectivity index is 1.16. The number of para-hydroxylation sites is 1. The molecular weight excluding hydrogens is 808 g/mol. The van der Waals surface area contributed by atoms with Crippen molar-refractivity contribution in [3.8, 4) is 0 Å². The van der Waals surface area contributed by atoms with E-state index in [1.54, 1.807) is 12.1 Å². The number of aryl methyl sites for hydroxylation is 2. The number of benzene rings is 6. The summed E-state index contributed by atoms with van der Waals surface area (Å²) < 4.78 is 27.8. The minimum absolute atomic E-state index is 0.0196. The maximum atomic E-state index is 13.9. The van der Waals surface area contributed by atoms with E-state index < -0.39 is 6.43 Å². The van der Waals surface area contributed by atoms with Gasteiger partial charge in [0.15, 0.2) is 0 Å². The Morgan fingerprint density at radius 1 is 0.750 bits per heavy atom. The molecule has 0 aromatic heterocycles. The van der Waals surface area contributed by atoms with Crippen LogP contribution >= 0.6 is 11.8 Å². The van der Waals surface area contributed by atoms with Crippen LogP contribution in [0.4, 0.5) is 42.9 Å². The number of hydrogen-bond donors (Lipinski definition) is 0. The number of nitrogens with zero attached hydrogens (tertiary/aromatic N) is 3. The summed E-state index contributed by atoms with van der Waals surface area (Å²) in [6.07, 6.45) is 13.8. The average Bonchev–Trinajstić information content (AvgIpc) is 3.55. The quantitative estimate of drug-likeness (QED) is 0.148. The minimum Gasteiger partial charge on any atom is -0.317 e. The van der Waals surface area contributed by atoms with E-state index in [2.05, 4.69) is 182 Å². The zero-order valence-corrected chi connectivity index (χ0v) is 37.6. The highest BCUT2D eigenvalue weighted by atomic mass is 32.2. The van der Waals surface area contributed by atoms with Crippen LogP contribution in [0.2, 0.25) is 0 Å². The molecule has 7 heteroatoms. The lowest BCUT2D eigenvalue weighted by Gasteiger charge is -2.45. The maximum absolute atomic E-state index is 13.9. The number of thioether (sulfide) groups is 1. The Morgan fingerprint density at radius 2 is 1.50 bits per heavy atom. The summed E-state index contributed by atoms with van der Waals surface area (Å²) in [7, 11) is 0. The van der Waals surface area contributed by atoms with Crippen molar-refractivity contribution in [2.24, 2.45) is 0 Å². The molecule has 0 saturated heterocycles. The predicted octanol–water partition coefficient (Wildman–Crippen LogP) is 14.7. The van der Waals surface area contributed by atoms with E-state index in [1.807, 2.05) is 23.9 Å². The van der Waals surface area contributed by atoms with Crippen molar-refractivity contribution in [1.29, 1.82) is 0 Å². The molecular formula is C57H50BF2N3S. The van der Waals surface area contributed by atoms with Crippen molar-refractivity contribution < 1.29 is 8.78 Å². The van der Waals surface area contributed by atoms with Gasteiger partial charge in [-0.1, -0.05) is 124 Å². The predicted molar refractivity (Wildman–Crippen MR) is 267 cm³/mol. The molecule has 2 bridgehead atoms. The first-order chi connectivity index (χ1) is 31.2. The molecule has 3 nitrogen and oxygen atoms in total. The number of anilines is 6. The van der Waals surface area contributed by atoms with E-state index in [0.29, 0.717) is 0 Å². The number of alkyl halides is 2. The van der Waals surface area contributed by atoms with Gasteiger partial charge in [-0.25, -0.2) is 8.78 Å². The Morgan fingerprint density at radius 3 is 2.33 bits per heavy atom. The van der Waals surface area contributed by atoms with Gasteiger partial charge in [-0.2, -0.15) is 0 Å². The van der Waals surface area contributed by atoms with Crippen molar-refractivity contribution in [2.75, 3.05) is 14.7 Å². The van der Waals surface area contributed by atoms with Crippen LogP contribution in [0.15, 0.2) is 191 Å². The van der Waals surface area contributed by atoms with Crippen LogP contribution in [-0.4, -0.2) is 6.71 Å². The van der Waals surface area contributed by atoms with E-state index in [-0.39, 0.29) is 17.7 Å². The van der Waals surface area contributed by atoms with Crippen LogP contribution in [0, 0.1) is 6.92 Å². The molecule has 64 heavy (non-hydrogen) atoms. The molecule has 0 spiro atoms. The lowest BCUT2D eigenvalue weighted by Crippen LogP contribution is -2.55. The summed E-state index contributed by atoms with van der Waals surface area (Å²) in [6, 6.07) is 47.0. The molecule has 316 valence electrons. The van der Waals surface area contributed by atoms with E-state index in [0.717, 1.165) is 54.9 Å². The van der Waals surface area contributed by atoms with Gasteiger partial charge in [-0.05, 0) is 137 Å². The third-order valence-electron chi connectivity index (χ3n) is 13.9. The third kappa shape index (κ3) is 6.53. The number of rotatable bonds is 7. The van der Waals surface area contributed by atoms with Gasteiger partial charge in [-0.15, -0.1) is 11.8 Å². The molecule has 0 amide bonds. The highest BCUT2D eigenvalue weighted by molar-refractivity contribution is 8.05. The van der Waals surface area contributed by atoms with Crippen LogP contribution in [0.3, 0.4) is 0 Å². The number of allylic oxidation sites excluding steroid dienone is 7. The first-order valence-electron chi connectivity index (χ1n) is 22.7. The van der Waals surface area contributed by atoms with Gasteiger partial charge in [0.05, 0.1) is 0 Å². The molecule has 0 N–H and O–H groups in total. The van der Waals surface area contributed by atoms with Crippen LogP contribution < -0.4 is 25.6 Å². The van der Waals surface area contributed by atoms with Crippen LogP contribution in [0.5, 0.6) is 0 Å². The zero-order chi connectivity index (χ0) is 43.7. The molecule has 0 radical (unpaired) electrons.